The monoisotopic (exact) mass is 312 g/mol. The van der Waals surface area contributed by atoms with Crippen molar-refractivity contribution in [1.82, 2.24) is 10.3 Å². The first-order valence-electron chi connectivity index (χ1n) is 8.22. The van der Waals surface area contributed by atoms with Crippen molar-refractivity contribution in [3.8, 4) is 5.75 Å². The second kappa shape index (κ2) is 5.76. The molecule has 0 radical (unpaired) electrons. The number of rotatable bonds is 3. The van der Waals surface area contributed by atoms with Crippen molar-refractivity contribution in [2.45, 2.75) is 45.1 Å². The van der Waals surface area contributed by atoms with E-state index in [-0.39, 0.29) is 17.2 Å². The number of amides is 1. The lowest BCUT2D eigenvalue weighted by atomic mass is 9.73. The molecule has 1 aromatic heterocycles. The number of hydrogen-bond acceptors (Lipinski definition) is 2. The molecule has 23 heavy (non-hydrogen) atoms. The zero-order valence-electron chi connectivity index (χ0n) is 13.8. The summed E-state index contributed by atoms with van der Waals surface area (Å²) in [5.41, 5.74) is 2.31. The van der Waals surface area contributed by atoms with Crippen LogP contribution in [0.3, 0.4) is 0 Å². The van der Waals surface area contributed by atoms with Crippen molar-refractivity contribution in [3.63, 3.8) is 0 Å². The highest BCUT2D eigenvalue weighted by Crippen LogP contribution is 2.37. The van der Waals surface area contributed by atoms with Gasteiger partial charge in [0.2, 0.25) is 0 Å². The van der Waals surface area contributed by atoms with Crippen LogP contribution in [0.4, 0.5) is 0 Å². The number of aromatic hydroxyl groups is 1. The largest absolute Gasteiger partial charge is 0.508 e. The normalized spacial score (nSPS) is 24.8. The summed E-state index contributed by atoms with van der Waals surface area (Å²) in [6.45, 7) is 8.48. The van der Waals surface area contributed by atoms with E-state index in [0.29, 0.717) is 11.6 Å². The van der Waals surface area contributed by atoms with Crippen molar-refractivity contribution < 1.29 is 9.90 Å². The zero-order chi connectivity index (χ0) is 16.6. The number of phenolic OH excluding ortho intramolecular Hbond substituents is 1. The van der Waals surface area contributed by atoms with Crippen LogP contribution < -0.4 is 5.32 Å². The molecule has 2 unspecified atom stereocenters. The van der Waals surface area contributed by atoms with Crippen LogP contribution in [0.25, 0.3) is 10.9 Å². The molecule has 1 saturated carbocycles. The molecule has 1 fully saturated rings. The van der Waals surface area contributed by atoms with Crippen LogP contribution in [0.1, 0.15) is 50.0 Å². The van der Waals surface area contributed by atoms with Gasteiger partial charge in [0.25, 0.3) is 5.91 Å². The number of fused-ring (bicyclic) bond motifs is 1. The van der Waals surface area contributed by atoms with Crippen molar-refractivity contribution in [2.75, 3.05) is 0 Å². The molecule has 2 aromatic rings. The van der Waals surface area contributed by atoms with Gasteiger partial charge in [-0.1, -0.05) is 26.0 Å². The van der Waals surface area contributed by atoms with Gasteiger partial charge >= 0.3 is 0 Å². The number of benzene rings is 1. The molecule has 1 heterocycles. The summed E-state index contributed by atoms with van der Waals surface area (Å²) in [5, 5.41) is 13.7. The minimum absolute atomic E-state index is 0.0931. The summed E-state index contributed by atoms with van der Waals surface area (Å²) in [6.07, 6.45) is 3.77. The molecular weight excluding hydrogens is 288 g/mol. The molecule has 0 aliphatic heterocycles. The summed E-state index contributed by atoms with van der Waals surface area (Å²) in [7, 11) is 0. The second-order valence-corrected chi connectivity index (χ2v) is 6.98. The van der Waals surface area contributed by atoms with Crippen LogP contribution in [0.2, 0.25) is 0 Å². The first-order valence-corrected chi connectivity index (χ1v) is 8.22. The molecule has 4 nitrogen and oxygen atoms in total. The van der Waals surface area contributed by atoms with Crippen LogP contribution in [0.5, 0.6) is 5.75 Å². The quantitative estimate of drug-likeness (QED) is 0.746. The molecule has 3 rings (SSSR count). The number of carbonyl (C=O) groups is 1. The van der Waals surface area contributed by atoms with Crippen molar-refractivity contribution in [1.29, 1.82) is 0 Å². The summed E-state index contributed by atoms with van der Waals surface area (Å²) >= 11 is 0. The third-order valence-corrected chi connectivity index (χ3v) is 4.87. The molecule has 0 saturated heterocycles. The molecule has 4 heteroatoms. The zero-order valence-corrected chi connectivity index (χ0v) is 13.8. The fraction of sp³-hybridized carbons (Fsp3) is 0.421. The van der Waals surface area contributed by atoms with Crippen molar-refractivity contribution >= 4 is 16.8 Å². The molecule has 1 aliphatic rings. The topological polar surface area (TPSA) is 65.1 Å². The van der Waals surface area contributed by atoms with E-state index in [1.807, 2.05) is 6.07 Å². The lowest BCUT2D eigenvalue weighted by Crippen LogP contribution is -2.51. The van der Waals surface area contributed by atoms with Crippen LogP contribution in [0, 0.1) is 5.92 Å². The summed E-state index contributed by atoms with van der Waals surface area (Å²) in [6, 6.07) is 6.89. The van der Waals surface area contributed by atoms with E-state index in [9.17, 15) is 9.90 Å². The fourth-order valence-corrected chi connectivity index (χ4v) is 3.85. The first-order chi connectivity index (χ1) is 10.9. The highest BCUT2D eigenvalue weighted by atomic mass is 16.3. The summed E-state index contributed by atoms with van der Waals surface area (Å²) in [5.74, 6) is 0.634. The van der Waals surface area contributed by atoms with Gasteiger partial charge in [-0.25, -0.2) is 0 Å². The molecule has 0 bridgehead atoms. The van der Waals surface area contributed by atoms with Gasteiger partial charge in [-0.2, -0.15) is 0 Å². The first kappa shape index (κ1) is 15.7. The number of aromatic amines is 1. The standard InChI is InChI=1S/C19H24N2O2/c1-4-19(10-12(2)7-13(3)11-19)21-18(23)17-8-14-5-6-15(22)9-16(14)20-17/h5-6,8-9,13,20,22H,2,4,7,10-11H2,1,3H3,(H,21,23). The lowest BCUT2D eigenvalue weighted by Gasteiger charge is -2.41. The van der Waals surface area contributed by atoms with Gasteiger partial charge in [0.15, 0.2) is 0 Å². The Bertz CT molecular complexity index is 762. The maximum absolute atomic E-state index is 12.7. The van der Waals surface area contributed by atoms with E-state index < -0.39 is 0 Å². The smallest absolute Gasteiger partial charge is 0.268 e. The molecule has 1 aromatic carbocycles. The highest BCUT2D eigenvalue weighted by molar-refractivity contribution is 5.98. The van der Waals surface area contributed by atoms with Gasteiger partial charge < -0.3 is 15.4 Å². The van der Waals surface area contributed by atoms with Gasteiger partial charge in [-0.15, -0.1) is 0 Å². The van der Waals surface area contributed by atoms with E-state index in [0.717, 1.165) is 36.6 Å². The second-order valence-electron chi connectivity index (χ2n) is 6.98. The van der Waals surface area contributed by atoms with Gasteiger partial charge in [-0.3, -0.25) is 4.79 Å². The predicted molar refractivity (Wildman–Crippen MR) is 92.6 cm³/mol. The van der Waals surface area contributed by atoms with Crippen LogP contribution in [-0.4, -0.2) is 21.5 Å². The maximum atomic E-state index is 12.7. The van der Waals surface area contributed by atoms with Gasteiger partial charge in [0, 0.05) is 22.5 Å². The van der Waals surface area contributed by atoms with Crippen LogP contribution >= 0.6 is 0 Å². The van der Waals surface area contributed by atoms with Crippen LogP contribution in [0.15, 0.2) is 36.4 Å². The number of carbonyl (C=O) groups excluding carboxylic acids is 1. The Balaban J connectivity index is 1.85. The Morgan fingerprint density at radius 1 is 1.48 bits per heavy atom. The SMILES string of the molecule is C=C1CC(C)CC(CC)(NC(=O)c2cc3ccc(O)cc3[nH]2)C1. The highest BCUT2D eigenvalue weighted by Gasteiger charge is 2.36. The van der Waals surface area contributed by atoms with Gasteiger partial charge in [0.1, 0.15) is 11.4 Å². The average molecular weight is 312 g/mol. The summed E-state index contributed by atoms with van der Waals surface area (Å²) in [4.78, 5) is 15.8. The van der Waals surface area contributed by atoms with Gasteiger partial charge in [-0.05, 0) is 49.8 Å². The Kier molecular flexibility index (Phi) is 3.92. The minimum atomic E-state index is -0.203. The van der Waals surface area contributed by atoms with Crippen LogP contribution in [-0.2, 0) is 0 Å². The van der Waals surface area contributed by atoms with E-state index in [1.54, 1.807) is 18.2 Å². The van der Waals surface area contributed by atoms with Crippen molar-refractivity contribution in [3.05, 3.63) is 42.1 Å². The number of aromatic nitrogens is 1. The van der Waals surface area contributed by atoms with E-state index in [4.69, 9.17) is 0 Å². The predicted octanol–water partition coefficient (Wildman–Crippen LogP) is 4.13. The number of phenols is 1. The minimum Gasteiger partial charge on any atom is -0.508 e. The Labute approximate surface area is 136 Å². The average Bonchev–Trinajstić information content (AvgIpc) is 2.89. The molecule has 1 amide bonds. The molecule has 3 N–H and O–H groups in total. The molecule has 0 spiro atoms. The number of nitrogens with one attached hydrogen (secondary N) is 2. The molecule has 2 atom stereocenters. The molecule has 1 aliphatic carbocycles. The fourth-order valence-electron chi connectivity index (χ4n) is 3.85. The number of H-pyrrole nitrogens is 1. The Hall–Kier alpha value is -2.23. The van der Waals surface area contributed by atoms with E-state index >= 15 is 0 Å². The summed E-state index contributed by atoms with van der Waals surface area (Å²) < 4.78 is 0. The number of hydrogen-bond donors (Lipinski definition) is 3. The van der Waals surface area contributed by atoms with Crippen molar-refractivity contribution in [2.24, 2.45) is 5.92 Å². The lowest BCUT2D eigenvalue weighted by molar-refractivity contribution is 0.0860. The third kappa shape index (κ3) is 3.11. The maximum Gasteiger partial charge on any atom is 0.268 e. The third-order valence-electron chi connectivity index (χ3n) is 4.87. The Morgan fingerprint density at radius 3 is 2.96 bits per heavy atom. The molecular formula is C19H24N2O2. The van der Waals surface area contributed by atoms with Gasteiger partial charge in [0.05, 0.1) is 0 Å². The molecule has 122 valence electrons. The van der Waals surface area contributed by atoms with E-state index in [1.165, 1.54) is 5.57 Å². The van der Waals surface area contributed by atoms with E-state index in [2.05, 4.69) is 30.7 Å². The Morgan fingerprint density at radius 2 is 2.26 bits per heavy atom.